The summed E-state index contributed by atoms with van der Waals surface area (Å²) in [7, 11) is -2.54. The molecule has 0 unspecified atom stereocenters. The Morgan fingerprint density at radius 2 is 1.42 bits per heavy atom. The fourth-order valence-corrected chi connectivity index (χ4v) is 14.2. The summed E-state index contributed by atoms with van der Waals surface area (Å²) >= 11 is 0. The van der Waals surface area contributed by atoms with Crippen LogP contribution in [0.15, 0.2) is 35.3 Å². The Morgan fingerprint density at radius 3 is 1.84 bits per heavy atom. The van der Waals surface area contributed by atoms with Crippen LogP contribution in [0.2, 0.25) is 39.3 Å². The predicted octanol–water partition coefficient (Wildman–Crippen LogP) is 4.64. The summed E-state index contributed by atoms with van der Waals surface area (Å²) in [6.45, 7) is 16.6. The molecule has 0 aliphatic rings. The van der Waals surface area contributed by atoms with Gasteiger partial charge in [0.2, 0.25) is 0 Å². The minimum absolute atomic E-state index is 0.552. The summed E-state index contributed by atoms with van der Waals surface area (Å²) in [5, 5.41) is 3.96. The van der Waals surface area contributed by atoms with Gasteiger partial charge in [0, 0.05) is 11.0 Å². The van der Waals surface area contributed by atoms with Crippen molar-refractivity contribution in [3.8, 4) is 0 Å². The van der Waals surface area contributed by atoms with E-state index >= 15 is 0 Å². The highest BCUT2D eigenvalue weighted by Gasteiger charge is 2.37. The molecule has 0 saturated carbocycles. The normalized spacial score (nSPS) is 13.8. The molecule has 19 heavy (non-hydrogen) atoms. The van der Waals surface area contributed by atoms with Crippen LogP contribution in [0.3, 0.4) is 0 Å². The highest BCUT2D eigenvalue weighted by atomic mass is 28.4. The van der Waals surface area contributed by atoms with Crippen LogP contribution in [0.4, 0.5) is 5.69 Å². The van der Waals surface area contributed by atoms with Crippen molar-refractivity contribution >= 4 is 27.7 Å². The third-order valence-corrected chi connectivity index (χ3v) is 11.8. The van der Waals surface area contributed by atoms with Crippen molar-refractivity contribution in [2.75, 3.05) is 5.32 Å². The Morgan fingerprint density at radius 1 is 0.947 bits per heavy atom. The third kappa shape index (κ3) is 5.32. The van der Waals surface area contributed by atoms with Crippen LogP contribution < -0.4 is 5.32 Å². The Balaban J connectivity index is 2.91. The van der Waals surface area contributed by atoms with Crippen molar-refractivity contribution in [3.05, 3.63) is 30.3 Å². The van der Waals surface area contributed by atoms with E-state index in [1.54, 1.807) is 0 Å². The van der Waals surface area contributed by atoms with E-state index in [0.717, 1.165) is 11.5 Å². The van der Waals surface area contributed by atoms with Gasteiger partial charge in [-0.1, -0.05) is 57.5 Å². The maximum atomic E-state index is 5.04. The Labute approximate surface area is 120 Å². The number of nitrogens with one attached hydrogen (secondary N) is 1. The van der Waals surface area contributed by atoms with E-state index in [4.69, 9.17) is 4.99 Å². The molecule has 0 atom stereocenters. The Bertz CT molecular complexity index is 414. The Hall–Kier alpha value is -0.876. The molecule has 0 radical (unpaired) electrons. The van der Waals surface area contributed by atoms with Crippen LogP contribution in [-0.2, 0) is 0 Å². The molecular weight excluding hydrogens is 264 g/mol. The summed E-state index contributed by atoms with van der Waals surface area (Å²) in [5.41, 5.74) is 1.12. The second-order valence-electron chi connectivity index (χ2n) is 7.34. The first-order chi connectivity index (χ1) is 8.60. The van der Waals surface area contributed by atoms with Crippen molar-refractivity contribution in [1.29, 1.82) is 0 Å². The number of rotatable bonds is 4. The summed E-state index contributed by atoms with van der Waals surface area (Å²) in [6.07, 6.45) is 0. The van der Waals surface area contributed by atoms with Crippen LogP contribution in [0.1, 0.15) is 6.92 Å². The lowest BCUT2D eigenvalue weighted by Crippen LogP contribution is -2.53. The van der Waals surface area contributed by atoms with E-state index in [9.17, 15) is 0 Å². The molecule has 0 aliphatic heterocycles. The molecule has 1 aromatic rings. The maximum absolute atomic E-state index is 5.04. The van der Waals surface area contributed by atoms with Gasteiger partial charge in [0.1, 0.15) is 0 Å². The van der Waals surface area contributed by atoms with Crippen LogP contribution in [0.25, 0.3) is 0 Å². The number of para-hydroxylation sites is 1. The first-order valence-electron chi connectivity index (χ1n) is 6.97. The molecule has 2 nitrogen and oxygen atoms in total. The number of benzene rings is 1. The zero-order valence-corrected chi connectivity index (χ0v) is 15.4. The molecule has 0 aliphatic carbocycles. The number of nitrogens with zero attached hydrogens (tertiary/aromatic N) is 1. The number of anilines is 1. The third-order valence-electron chi connectivity index (χ3n) is 3.06. The molecule has 0 bridgehead atoms. The fourth-order valence-electron chi connectivity index (χ4n) is 2.64. The molecule has 0 spiro atoms. The molecule has 0 heterocycles. The molecule has 0 saturated heterocycles. The molecule has 106 valence electrons. The van der Waals surface area contributed by atoms with Crippen molar-refractivity contribution in [1.82, 2.24) is 0 Å². The Kier molecular flexibility index (Phi) is 5.15. The lowest BCUT2D eigenvalue weighted by molar-refractivity contribution is 1.11. The average Bonchev–Trinajstić information content (AvgIpc) is 2.24. The highest BCUT2D eigenvalue weighted by molar-refractivity contribution is 6.96. The minimum atomic E-state index is -1.27. The standard InChI is InChI=1S/C15H28N2Si2/c1-13(16-14-11-9-8-10-12-14)17-15(18(2,3)4)19(5,6)7/h8-12,15H,1-7H3,(H,16,17). The van der Waals surface area contributed by atoms with Crippen LogP contribution in [0, 0.1) is 0 Å². The second-order valence-corrected chi connectivity index (χ2v) is 18.5. The molecule has 1 rings (SSSR count). The van der Waals surface area contributed by atoms with Crippen molar-refractivity contribution in [3.63, 3.8) is 0 Å². The van der Waals surface area contributed by atoms with Gasteiger partial charge in [0.05, 0.1) is 22.0 Å². The molecule has 1 N–H and O–H groups in total. The van der Waals surface area contributed by atoms with Crippen LogP contribution in [-0.4, -0.2) is 27.3 Å². The largest absolute Gasteiger partial charge is 0.344 e. The van der Waals surface area contributed by atoms with Gasteiger partial charge in [-0.05, 0) is 19.1 Å². The predicted molar refractivity (Wildman–Crippen MR) is 93.7 cm³/mol. The SMILES string of the molecule is C/C(=N/C([Si](C)(C)C)[Si](C)(C)C)Nc1ccccc1. The van der Waals surface area contributed by atoms with Crippen molar-refractivity contribution < 1.29 is 0 Å². The highest BCUT2D eigenvalue weighted by Crippen LogP contribution is 2.22. The molecule has 0 amide bonds. The van der Waals surface area contributed by atoms with Gasteiger partial charge in [-0.2, -0.15) is 0 Å². The van der Waals surface area contributed by atoms with E-state index in [1.165, 1.54) is 0 Å². The van der Waals surface area contributed by atoms with Gasteiger partial charge in [0.25, 0.3) is 0 Å². The fraction of sp³-hybridized carbons (Fsp3) is 0.533. The van der Waals surface area contributed by atoms with Crippen LogP contribution in [0.5, 0.6) is 0 Å². The quantitative estimate of drug-likeness (QED) is 0.488. The number of hydrogen-bond donors (Lipinski definition) is 1. The number of amidine groups is 1. The molecule has 1 aromatic carbocycles. The second kappa shape index (κ2) is 6.05. The molecule has 4 heteroatoms. The van der Waals surface area contributed by atoms with E-state index in [-0.39, 0.29) is 0 Å². The maximum Gasteiger partial charge on any atom is 0.0971 e. The molecule has 0 aromatic heterocycles. The zero-order chi connectivity index (χ0) is 14.7. The van der Waals surface area contributed by atoms with Gasteiger partial charge in [-0.15, -0.1) is 0 Å². The first-order valence-corrected chi connectivity index (χ1v) is 14.1. The van der Waals surface area contributed by atoms with Gasteiger partial charge in [-0.25, -0.2) is 0 Å². The average molecular weight is 293 g/mol. The monoisotopic (exact) mass is 292 g/mol. The molecule has 0 fully saturated rings. The lowest BCUT2D eigenvalue weighted by atomic mass is 10.3. The van der Waals surface area contributed by atoms with E-state index < -0.39 is 16.1 Å². The summed E-state index contributed by atoms with van der Waals surface area (Å²) in [5.74, 6) is 1.04. The van der Waals surface area contributed by atoms with E-state index in [2.05, 4.69) is 63.7 Å². The minimum Gasteiger partial charge on any atom is -0.344 e. The summed E-state index contributed by atoms with van der Waals surface area (Å²) < 4.78 is 0. The van der Waals surface area contributed by atoms with Crippen molar-refractivity contribution in [2.24, 2.45) is 4.99 Å². The number of hydrogen-bond acceptors (Lipinski definition) is 1. The number of aliphatic imine (C=N–C) groups is 1. The van der Waals surface area contributed by atoms with Crippen LogP contribution >= 0.6 is 0 Å². The lowest BCUT2D eigenvalue weighted by Gasteiger charge is -2.35. The van der Waals surface area contributed by atoms with Gasteiger partial charge < -0.3 is 5.32 Å². The smallest absolute Gasteiger partial charge is 0.0971 e. The first kappa shape index (κ1) is 16.2. The molecular formula is C15H28N2Si2. The van der Waals surface area contributed by atoms with Gasteiger partial charge in [-0.3, -0.25) is 4.99 Å². The zero-order valence-electron chi connectivity index (χ0n) is 13.4. The topological polar surface area (TPSA) is 24.4 Å². The van der Waals surface area contributed by atoms with E-state index in [0.29, 0.717) is 5.29 Å². The van der Waals surface area contributed by atoms with Gasteiger partial charge >= 0.3 is 0 Å². The van der Waals surface area contributed by atoms with E-state index in [1.807, 2.05) is 18.2 Å². The van der Waals surface area contributed by atoms with Gasteiger partial charge in [0.15, 0.2) is 0 Å². The summed E-state index contributed by atoms with van der Waals surface area (Å²) in [4.78, 5) is 5.04. The van der Waals surface area contributed by atoms with Crippen molar-refractivity contribution in [2.45, 2.75) is 51.5 Å². The summed E-state index contributed by atoms with van der Waals surface area (Å²) in [6, 6.07) is 10.3.